The maximum absolute atomic E-state index is 13.0. The molecule has 0 bridgehead atoms. The Balaban J connectivity index is 1.58. The molecule has 1 N–H and O–H groups in total. The van der Waals surface area contributed by atoms with Gasteiger partial charge in [0.05, 0.1) is 17.0 Å². The van der Waals surface area contributed by atoms with Crippen LogP contribution < -0.4 is 11.2 Å². The number of fused-ring (bicyclic) bond motifs is 3. The van der Waals surface area contributed by atoms with Crippen molar-refractivity contribution in [3.8, 4) is 6.07 Å². The largest absolute Gasteiger partial charge is 0.361 e. The fraction of sp³-hybridized carbons (Fsp3) is 0.600. The number of unbranched alkanes of at least 4 members (excludes halogenated alkanes) is 2. The van der Waals surface area contributed by atoms with Crippen molar-refractivity contribution in [3.63, 3.8) is 0 Å². The number of nitriles is 1. The molecule has 10 heteroatoms. The second-order valence-corrected chi connectivity index (χ2v) is 16.3. The summed E-state index contributed by atoms with van der Waals surface area (Å²) in [5, 5.41) is 9.97. The van der Waals surface area contributed by atoms with Crippen molar-refractivity contribution in [2.75, 3.05) is 26.2 Å². The van der Waals surface area contributed by atoms with Gasteiger partial charge < -0.3 is 14.2 Å². The molecule has 0 saturated carbocycles. The molecule has 188 valence electrons. The van der Waals surface area contributed by atoms with Crippen molar-refractivity contribution in [2.45, 2.75) is 70.6 Å². The molecular weight excluding hydrogens is 460 g/mol. The van der Waals surface area contributed by atoms with Gasteiger partial charge in [0.15, 0.2) is 0 Å². The van der Waals surface area contributed by atoms with Gasteiger partial charge in [-0.15, -0.1) is 0 Å². The van der Waals surface area contributed by atoms with Crippen molar-refractivity contribution >= 4 is 30.0 Å². The predicted octanol–water partition coefficient (Wildman–Crippen LogP) is 3.68. The van der Waals surface area contributed by atoms with E-state index < -0.39 is 13.6 Å². The summed E-state index contributed by atoms with van der Waals surface area (Å²) in [6.45, 7) is 10.8. The van der Waals surface area contributed by atoms with Crippen LogP contribution in [0.3, 0.4) is 0 Å². The third-order valence-electron chi connectivity index (χ3n) is 6.85. The minimum absolute atomic E-state index is 0.0131. The summed E-state index contributed by atoms with van der Waals surface area (Å²) in [7, 11) is -1.17. The monoisotopic (exact) mass is 496 g/mol. The van der Waals surface area contributed by atoms with E-state index in [1.54, 1.807) is 10.8 Å². The molecule has 1 aliphatic rings. The zero-order chi connectivity index (χ0) is 25.0. The molecule has 4 heterocycles. The summed E-state index contributed by atoms with van der Waals surface area (Å²) in [5.41, 5.74) is 0.627. The first-order chi connectivity index (χ1) is 16.8. The third-order valence-corrected chi connectivity index (χ3v) is 8.55. The van der Waals surface area contributed by atoms with Gasteiger partial charge in [0.2, 0.25) is 0 Å². The smallest absolute Gasteiger partial charge is 0.329 e. The van der Waals surface area contributed by atoms with Crippen LogP contribution in [0.4, 0.5) is 0 Å². The average Bonchev–Trinajstić information content (AvgIpc) is 3.23. The van der Waals surface area contributed by atoms with E-state index in [0.29, 0.717) is 30.7 Å². The Morgan fingerprint density at radius 1 is 1.20 bits per heavy atom. The molecule has 3 aromatic heterocycles. The summed E-state index contributed by atoms with van der Waals surface area (Å²) >= 11 is 0. The van der Waals surface area contributed by atoms with Gasteiger partial charge in [-0.05, 0) is 44.3 Å². The van der Waals surface area contributed by atoms with Crippen LogP contribution in [0.25, 0.3) is 21.9 Å². The number of ether oxygens (including phenoxy) is 1. The zero-order valence-electron chi connectivity index (χ0n) is 21.0. The van der Waals surface area contributed by atoms with Crippen molar-refractivity contribution in [1.29, 1.82) is 5.26 Å². The van der Waals surface area contributed by atoms with Crippen LogP contribution >= 0.6 is 0 Å². The highest BCUT2D eigenvalue weighted by Gasteiger charge is 2.25. The SMILES string of the molecule is C[Si](C)(C)CCOCn1ccc2c1ncc1c(=O)[nH]c(=O)n(C3CCN(CCCCC#N)CC3)c12. The fourth-order valence-electron chi connectivity index (χ4n) is 4.81. The Kier molecular flexibility index (Phi) is 7.89. The lowest BCUT2D eigenvalue weighted by Crippen LogP contribution is -2.40. The number of hydrogen-bond donors (Lipinski definition) is 1. The lowest BCUT2D eigenvalue weighted by Gasteiger charge is -2.33. The molecule has 1 saturated heterocycles. The molecule has 3 aromatic rings. The van der Waals surface area contributed by atoms with Gasteiger partial charge in [-0.2, -0.15) is 5.26 Å². The maximum atomic E-state index is 13.0. The van der Waals surface area contributed by atoms with E-state index in [0.717, 1.165) is 62.4 Å². The number of aromatic nitrogens is 4. The van der Waals surface area contributed by atoms with Crippen LogP contribution in [0.2, 0.25) is 25.7 Å². The van der Waals surface area contributed by atoms with Gasteiger partial charge >= 0.3 is 5.69 Å². The van der Waals surface area contributed by atoms with E-state index in [4.69, 9.17) is 10.00 Å². The second kappa shape index (κ2) is 10.9. The van der Waals surface area contributed by atoms with E-state index in [2.05, 4.69) is 40.6 Å². The van der Waals surface area contributed by atoms with Gasteiger partial charge in [0.1, 0.15) is 12.4 Å². The number of piperidine rings is 1. The first-order valence-electron chi connectivity index (χ1n) is 12.6. The molecule has 35 heavy (non-hydrogen) atoms. The summed E-state index contributed by atoms with van der Waals surface area (Å²) in [6.07, 6.45) is 7.71. The second-order valence-electron chi connectivity index (χ2n) is 10.7. The van der Waals surface area contributed by atoms with Crippen LogP contribution in [0.1, 0.15) is 38.1 Å². The first-order valence-corrected chi connectivity index (χ1v) is 16.3. The third kappa shape index (κ3) is 5.91. The Hall–Kier alpha value is -2.74. The number of likely N-dealkylation sites (tertiary alicyclic amines) is 1. The Morgan fingerprint density at radius 3 is 2.69 bits per heavy atom. The van der Waals surface area contributed by atoms with Gasteiger partial charge in [0, 0.05) is 58.0 Å². The Labute approximate surface area is 206 Å². The average molecular weight is 497 g/mol. The molecular formula is C25H36N6O3Si. The molecule has 0 amide bonds. The van der Waals surface area contributed by atoms with E-state index in [1.807, 2.05) is 16.8 Å². The highest BCUT2D eigenvalue weighted by molar-refractivity contribution is 6.76. The van der Waals surface area contributed by atoms with E-state index >= 15 is 0 Å². The summed E-state index contributed by atoms with van der Waals surface area (Å²) in [6, 6.07) is 5.24. The number of nitrogens with zero attached hydrogens (tertiary/aromatic N) is 5. The number of H-pyrrole nitrogens is 1. The molecule has 0 aromatic carbocycles. The van der Waals surface area contributed by atoms with Crippen LogP contribution in [0.5, 0.6) is 0 Å². The van der Waals surface area contributed by atoms with Crippen molar-refractivity contribution in [3.05, 3.63) is 39.3 Å². The molecule has 0 aliphatic carbocycles. The predicted molar refractivity (Wildman–Crippen MR) is 140 cm³/mol. The summed E-state index contributed by atoms with van der Waals surface area (Å²) in [5.74, 6) is 0. The highest BCUT2D eigenvalue weighted by atomic mass is 28.3. The van der Waals surface area contributed by atoms with E-state index in [9.17, 15) is 9.59 Å². The molecule has 0 atom stereocenters. The van der Waals surface area contributed by atoms with Crippen molar-refractivity contribution in [2.24, 2.45) is 0 Å². The van der Waals surface area contributed by atoms with Gasteiger partial charge in [-0.1, -0.05) is 19.6 Å². The normalized spacial score (nSPS) is 15.7. The molecule has 0 spiro atoms. The summed E-state index contributed by atoms with van der Waals surface area (Å²) < 4.78 is 9.65. The Morgan fingerprint density at radius 2 is 1.97 bits per heavy atom. The lowest BCUT2D eigenvalue weighted by molar-refractivity contribution is 0.0899. The quantitative estimate of drug-likeness (QED) is 0.339. The van der Waals surface area contributed by atoms with E-state index in [-0.39, 0.29) is 11.7 Å². The molecule has 1 fully saturated rings. The number of aromatic amines is 1. The minimum atomic E-state index is -1.17. The van der Waals surface area contributed by atoms with Crippen molar-refractivity contribution in [1.82, 2.24) is 24.0 Å². The number of rotatable bonds is 10. The zero-order valence-corrected chi connectivity index (χ0v) is 22.0. The maximum Gasteiger partial charge on any atom is 0.329 e. The molecule has 0 unspecified atom stereocenters. The summed E-state index contributed by atoms with van der Waals surface area (Å²) in [4.78, 5) is 35.2. The molecule has 4 rings (SSSR count). The minimum Gasteiger partial charge on any atom is -0.361 e. The first kappa shape index (κ1) is 25.4. The van der Waals surface area contributed by atoms with Gasteiger partial charge in [0.25, 0.3) is 5.56 Å². The molecule has 9 nitrogen and oxygen atoms in total. The number of pyridine rings is 1. The topological polar surface area (TPSA) is 109 Å². The highest BCUT2D eigenvalue weighted by Crippen LogP contribution is 2.28. The molecule has 1 aliphatic heterocycles. The van der Waals surface area contributed by atoms with E-state index in [1.165, 1.54) is 0 Å². The fourth-order valence-corrected chi connectivity index (χ4v) is 5.57. The standard InChI is InChI=1S/C25H36N6O3Si/c1-35(2,3)16-15-34-18-30-14-9-20-22-21(17-27-23(20)30)24(32)28-25(33)31(22)19-7-12-29(13-8-19)11-6-4-5-10-26/h9,14,17,19H,4-8,11-13,15-16,18H2,1-3H3,(H,28,32,33). The van der Waals surface area contributed by atoms with Gasteiger partial charge in [-0.3, -0.25) is 14.3 Å². The Bertz CT molecular complexity index is 1320. The number of hydrogen-bond acceptors (Lipinski definition) is 6. The van der Waals surface area contributed by atoms with Crippen LogP contribution in [-0.2, 0) is 11.5 Å². The van der Waals surface area contributed by atoms with Crippen LogP contribution in [-0.4, -0.2) is 58.3 Å². The van der Waals surface area contributed by atoms with Crippen molar-refractivity contribution < 1.29 is 4.74 Å². The number of nitrogens with one attached hydrogen (secondary N) is 1. The van der Waals surface area contributed by atoms with Crippen LogP contribution in [0.15, 0.2) is 28.0 Å². The van der Waals surface area contributed by atoms with Gasteiger partial charge in [-0.25, -0.2) is 9.78 Å². The lowest BCUT2D eigenvalue weighted by atomic mass is 10.0. The van der Waals surface area contributed by atoms with Crippen LogP contribution in [0, 0.1) is 11.3 Å². The molecule has 0 radical (unpaired) electrons.